The summed E-state index contributed by atoms with van der Waals surface area (Å²) in [5, 5.41) is 9.08. The van der Waals surface area contributed by atoms with Crippen molar-refractivity contribution in [3.8, 4) is 0 Å². The Morgan fingerprint density at radius 3 is 2.65 bits per heavy atom. The summed E-state index contributed by atoms with van der Waals surface area (Å²) in [4.78, 5) is 0. The maximum absolute atomic E-state index is 12.2. The Hall–Kier alpha value is -0.910. The van der Waals surface area contributed by atoms with Crippen molar-refractivity contribution in [2.75, 3.05) is 0 Å². The fraction of sp³-hybridized carbons (Fsp3) is 0.600. The average molecular weight is 297 g/mol. The Bertz CT molecular complexity index is 538. The number of nitrogens with one attached hydrogen (secondary N) is 1. The molecule has 1 saturated carbocycles. The fourth-order valence-electron chi connectivity index (χ4n) is 2.39. The number of aliphatic hydroxyl groups is 1. The Kier molecular flexibility index (Phi) is 5.18. The van der Waals surface area contributed by atoms with Gasteiger partial charge in [0.2, 0.25) is 10.0 Å². The molecular weight excluding hydrogens is 274 g/mol. The molecule has 1 aromatic rings. The highest BCUT2D eigenvalue weighted by molar-refractivity contribution is 7.88. The van der Waals surface area contributed by atoms with E-state index >= 15 is 0 Å². The lowest BCUT2D eigenvalue weighted by Crippen LogP contribution is -2.35. The first kappa shape index (κ1) is 15.5. The standard InChI is InChI=1S/C15H23NO3S/c1-2-15(9-12-6-7-12)16-20(18,19)11-14-5-3-4-13(8-14)10-17/h3-5,8,12,15-17H,2,6-7,9-11H2,1H3. The molecule has 1 aromatic carbocycles. The second-order valence-electron chi connectivity index (χ2n) is 5.64. The van der Waals surface area contributed by atoms with Crippen LogP contribution in [0.1, 0.15) is 43.7 Å². The normalized spacial score (nSPS) is 17.1. The Morgan fingerprint density at radius 2 is 2.05 bits per heavy atom. The molecule has 0 amide bonds. The highest BCUT2D eigenvalue weighted by atomic mass is 32.2. The quantitative estimate of drug-likeness (QED) is 0.773. The minimum Gasteiger partial charge on any atom is -0.392 e. The third kappa shape index (κ3) is 4.89. The number of hydrogen-bond acceptors (Lipinski definition) is 3. The molecule has 0 spiro atoms. The number of hydrogen-bond donors (Lipinski definition) is 2. The lowest BCUT2D eigenvalue weighted by molar-refractivity contribution is 0.282. The van der Waals surface area contributed by atoms with Gasteiger partial charge < -0.3 is 5.11 Å². The van der Waals surface area contributed by atoms with Gasteiger partial charge in [-0.1, -0.05) is 44.0 Å². The van der Waals surface area contributed by atoms with Gasteiger partial charge in [0.15, 0.2) is 0 Å². The van der Waals surface area contributed by atoms with Gasteiger partial charge in [-0.2, -0.15) is 0 Å². The molecule has 1 atom stereocenters. The Balaban J connectivity index is 1.97. The largest absolute Gasteiger partial charge is 0.392 e. The molecule has 0 aromatic heterocycles. The molecule has 0 aliphatic heterocycles. The van der Waals surface area contributed by atoms with Crippen molar-refractivity contribution in [2.24, 2.45) is 5.92 Å². The van der Waals surface area contributed by atoms with Crippen LogP contribution in [-0.2, 0) is 22.4 Å². The van der Waals surface area contributed by atoms with E-state index in [0.29, 0.717) is 11.5 Å². The predicted molar refractivity (Wildman–Crippen MR) is 79.5 cm³/mol. The summed E-state index contributed by atoms with van der Waals surface area (Å²) >= 11 is 0. The number of sulfonamides is 1. The van der Waals surface area contributed by atoms with Gasteiger partial charge in [0.1, 0.15) is 0 Å². The Morgan fingerprint density at radius 1 is 1.35 bits per heavy atom. The van der Waals surface area contributed by atoms with Crippen LogP contribution in [0.4, 0.5) is 0 Å². The second kappa shape index (κ2) is 6.70. The molecule has 0 bridgehead atoms. The number of rotatable bonds is 8. The molecule has 1 aliphatic carbocycles. The molecule has 5 heteroatoms. The van der Waals surface area contributed by atoms with E-state index in [9.17, 15) is 8.42 Å². The summed E-state index contributed by atoms with van der Waals surface area (Å²) in [5.74, 6) is 0.683. The van der Waals surface area contributed by atoms with Crippen molar-refractivity contribution in [2.45, 2.75) is 51.0 Å². The minimum atomic E-state index is -3.32. The van der Waals surface area contributed by atoms with Crippen LogP contribution in [0.2, 0.25) is 0 Å². The predicted octanol–water partition coefficient (Wildman–Crippen LogP) is 2.18. The number of aliphatic hydroxyl groups excluding tert-OH is 1. The van der Waals surface area contributed by atoms with Crippen LogP contribution in [0.5, 0.6) is 0 Å². The van der Waals surface area contributed by atoms with E-state index < -0.39 is 10.0 Å². The van der Waals surface area contributed by atoms with E-state index in [0.717, 1.165) is 18.4 Å². The summed E-state index contributed by atoms with van der Waals surface area (Å²) in [6.45, 7) is 1.95. The van der Waals surface area contributed by atoms with E-state index in [-0.39, 0.29) is 18.4 Å². The molecule has 2 N–H and O–H groups in total. The van der Waals surface area contributed by atoms with Crippen molar-refractivity contribution >= 4 is 10.0 Å². The molecule has 20 heavy (non-hydrogen) atoms. The van der Waals surface area contributed by atoms with Crippen molar-refractivity contribution in [3.05, 3.63) is 35.4 Å². The summed E-state index contributed by atoms with van der Waals surface area (Å²) in [6.07, 6.45) is 4.24. The summed E-state index contributed by atoms with van der Waals surface area (Å²) in [7, 11) is -3.32. The minimum absolute atomic E-state index is 0.0258. The smallest absolute Gasteiger partial charge is 0.216 e. The van der Waals surface area contributed by atoms with Crippen LogP contribution < -0.4 is 4.72 Å². The van der Waals surface area contributed by atoms with Crippen molar-refractivity contribution in [1.29, 1.82) is 0 Å². The van der Waals surface area contributed by atoms with Crippen molar-refractivity contribution < 1.29 is 13.5 Å². The highest BCUT2D eigenvalue weighted by Gasteiger charge is 2.27. The van der Waals surface area contributed by atoms with Gasteiger partial charge in [-0.25, -0.2) is 13.1 Å². The summed E-state index contributed by atoms with van der Waals surface area (Å²) < 4.78 is 27.2. The first-order valence-corrected chi connectivity index (χ1v) is 8.86. The van der Waals surface area contributed by atoms with Crippen molar-refractivity contribution in [1.82, 2.24) is 4.72 Å². The zero-order valence-corrected chi connectivity index (χ0v) is 12.7. The molecule has 4 nitrogen and oxygen atoms in total. The lowest BCUT2D eigenvalue weighted by atomic mass is 10.1. The van der Waals surface area contributed by atoms with Gasteiger partial charge in [0, 0.05) is 6.04 Å². The van der Waals surface area contributed by atoms with Gasteiger partial charge in [0.05, 0.1) is 12.4 Å². The van der Waals surface area contributed by atoms with E-state index in [1.165, 1.54) is 12.8 Å². The Labute approximate surface area is 121 Å². The van der Waals surface area contributed by atoms with Crippen LogP contribution >= 0.6 is 0 Å². The first-order valence-electron chi connectivity index (χ1n) is 7.21. The molecule has 1 aliphatic rings. The van der Waals surface area contributed by atoms with E-state index in [4.69, 9.17) is 5.11 Å². The van der Waals surface area contributed by atoms with Gasteiger partial charge >= 0.3 is 0 Å². The highest BCUT2D eigenvalue weighted by Crippen LogP contribution is 2.34. The molecule has 0 saturated heterocycles. The van der Waals surface area contributed by atoms with Crippen molar-refractivity contribution in [3.63, 3.8) is 0 Å². The number of benzene rings is 1. The molecule has 0 heterocycles. The van der Waals surface area contributed by atoms with Crippen LogP contribution in [0, 0.1) is 5.92 Å². The molecule has 112 valence electrons. The lowest BCUT2D eigenvalue weighted by Gasteiger charge is -2.17. The van der Waals surface area contributed by atoms with Crippen LogP contribution in [0.25, 0.3) is 0 Å². The molecular formula is C15H23NO3S. The van der Waals surface area contributed by atoms with Crippen LogP contribution in [-0.4, -0.2) is 19.6 Å². The van der Waals surface area contributed by atoms with Gasteiger partial charge in [0.25, 0.3) is 0 Å². The molecule has 2 rings (SSSR count). The maximum atomic E-state index is 12.2. The van der Waals surface area contributed by atoms with Gasteiger partial charge in [-0.05, 0) is 29.9 Å². The fourth-order valence-corrected chi connectivity index (χ4v) is 3.86. The van der Waals surface area contributed by atoms with E-state index in [2.05, 4.69) is 4.72 Å². The monoisotopic (exact) mass is 297 g/mol. The second-order valence-corrected chi connectivity index (χ2v) is 7.39. The summed E-state index contributed by atoms with van der Waals surface area (Å²) in [6, 6.07) is 7.12. The van der Waals surface area contributed by atoms with Gasteiger partial charge in [-0.3, -0.25) is 0 Å². The third-order valence-electron chi connectivity index (χ3n) is 3.68. The first-order chi connectivity index (χ1) is 9.52. The van der Waals surface area contributed by atoms with Crippen LogP contribution in [0.3, 0.4) is 0 Å². The van der Waals surface area contributed by atoms with Gasteiger partial charge in [-0.15, -0.1) is 0 Å². The molecule has 1 unspecified atom stereocenters. The topological polar surface area (TPSA) is 66.4 Å². The zero-order valence-electron chi connectivity index (χ0n) is 11.9. The summed E-state index contributed by atoms with van der Waals surface area (Å²) in [5.41, 5.74) is 1.45. The average Bonchev–Trinajstić information content (AvgIpc) is 3.21. The zero-order chi connectivity index (χ0) is 14.6. The third-order valence-corrected chi connectivity index (χ3v) is 5.09. The molecule has 0 radical (unpaired) electrons. The maximum Gasteiger partial charge on any atom is 0.216 e. The SMILES string of the molecule is CCC(CC1CC1)NS(=O)(=O)Cc1cccc(CO)c1. The molecule has 1 fully saturated rings. The van der Waals surface area contributed by atoms with Crippen LogP contribution in [0.15, 0.2) is 24.3 Å². The van der Waals surface area contributed by atoms with E-state index in [1.807, 2.05) is 6.92 Å². The van der Waals surface area contributed by atoms with E-state index in [1.54, 1.807) is 24.3 Å².